The van der Waals surface area contributed by atoms with E-state index in [1.54, 1.807) is 6.92 Å². The summed E-state index contributed by atoms with van der Waals surface area (Å²) in [6.45, 7) is 5.71. The van der Waals surface area contributed by atoms with Crippen molar-refractivity contribution in [3.05, 3.63) is 0 Å². The third-order valence-corrected chi connectivity index (χ3v) is 1.34. The van der Waals surface area contributed by atoms with Crippen LogP contribution < -0.4 is 0 Å². The molecule has 0 aromatic rings. The maximum absolute atomic E-state index is 9.87. The molecule has 0 saturated carbocycles. The lowest BCUT2D eigenvalue weighted by atomic mass is 10.2. The molecule has 0 aliphatic heterocycles. The van der Waals surface area contributed by atoms with Crippen LogP contribution in [0.5, 0.6) is 0 Å². The topological polar surface area (TPSA) is 63.6 Å². The highest BCUT2D eigenvalue weighted by molar-refractivity contribution is 5.66. The molecule has 0 aromatic heterocycles. The van der Waals surface area contributed by atoms with Gasteiger partial charge in [-0.3, -0.25) is 9.59 Å². The van der Waals surface area contributed by atoms with E-state index in [0.29, 0.717) is 13.0 Å². The summed E-state index contributed by atoms with van der Waals surface area (Å²) in [5, 5.41) is 8.14. The van der Waals surface area contributed by atoms with E-state index >= 15 is 0 Å². The van der Waals surface area contributed by atoms with Crippen molar-refractivity contribution in [2.45, 2.75) is 46.5 Å². The Bertz CT molecular complexity index is 154. The summed E-state index contributed by atoms with van der Waals surface area (Å²) in [7, 11) is 0. The average Bonchev–Trinajstić information content (AvgIpc) is 2.05. The zero-order chi connectivity index (χ0) is 11.4. The normalized spacial score (nSPS) is 8.50. The number of carboxylic acid groups (broad SMARTS) is 1. The molecule has 0 radical (unpaired) electrons. The lowest BCUT2D eigenvalue weighted by molar-refractivity contribution is -0.140. The van der Waals surface area contributed by atoms with Crippen LogP contribution in [0.1, 0.15) is 46.5 Å². The standard InChI is InChI=1S/C6H12O2.C4H8O2/c1-2-3-4-5-6(7)8;1-3-6-4(2)5/h2-5H2,1H3,(H,7,8);3H2,1-2H3. The molecule has 4 nitrogen and oxygen atoms in total. The Kier molecular flexibility index (Phi) is 13.1. The molecule has 0 saturated heterocycles. The molecule has 0 bridgehead atoms. The smallest absolute Gasteiger partial charge is 0.303 e. The van der Waals surface area contributed by atoms with Gasteiger partial charge in [0.25, 0.3) is 0 Å². The van der Waals surface area contributed by atoms with E-state index in [2.05, 4.69) is 11.7 Å². The van der Waals surface area contributed by atoms with Crippen LogP contribution in [0.3, 0.4) is 0 Å². The molecule has 14 heavy (non-hydrogen) atoms. The van der Waals surface area contributed by atoms with Gasteiger partial charge in [-0.1, -0.05) is 19.8 Å². The summed E-state index contributed by atoms with van der Waals surface area (Å²) in [5.74, 6) is -0.893. The number of carboxylic acids is 1. The molecule has 0 unspecified atom stereocenters. The number of esters is 1. The van der Waals surface area contributed by atoms with Crippen LogP contribution in [0.4, 0.5) is 0 Å². The van der Waals surface area contributed by atoms with Crippen molar-refractivity contribution in [2.75, 3.05) is 6.61 Å². The third-order valence-electron chi connectivity index (χ3n) is 1.34. The Hall–Kier alpha value is -1.06. The van der Waals surface area contributed by atoms with E-state index in [1.165, 1.54) is 6.92 Å². The SMILES string of the molecule is CCCCCC(=O)O.CCOC(C)=O. The summed E-state index contributed by atoms with van der Waals surface area (Å²) in [4.78, 5) is 19.7. The van der Waals surface area contributed by atoms with Gasteiger partial charge in [0.2, 0.25) is 0 Å². The molecular formula is C10H20O4. The highest BCUT2D eigenvalue weighted by Gasteiger charge is 1.92. The minimum absolute atomic E-state index is 0.211. The fourth-order valence-electron chi connectivity index (χ4n) is 0.729. The first kappa shape index (κ1) is 15.4. The van der Waals surface area contributed by atoms with E-state index in [9.17, 15) is 9.59 Å². The van der Waals surface area contributed by atoms with Gasteiger partial charge in [-0.25, -0.2) is 0 Å². The van der Waals surface area contributed by atoms with Gasteiger partial charge in [0.15, 0.2) is 0 Å². The second-order valence-electron chi connectivity index (χ2n) is 2.78. The molecule has 0 atom stereocenters. The van der Waals surface area contributed by atoms with E-state index in [4.69, 9.17) is 5.11 Å². The van der Waals surface area contributed by atoms with Gasteiger partial charge in [0.05, 0.1) is 6.61 Å². The predicted molar refractivity (Wildman–Crippen MR) is 54.1 cm³/mol. The van der Waals surface area contributed by atoms with Crippen LogP contribution in [-0.2, 0) is 14.3 Å². The molecule has 1 N–H and O–H groups in total. The van der Waals surface area contributed by atoms with Crippen LogP contribution in [-0.4, -0.2) is 23.7 Å². The maximum Gasteiger partial charge on any atom is 0.303 e. The highest BCUT2D eigenvalue weighted by atomic mass is 16.5. The van der Waals surface area contributed by atoms with Gasteiger partial charge in [0, 0.05) is 13.3 Å². The fourth-order valence-corrected chi connectivity index (χ4v) is 0.729. The Morgan fingerprint density at radius 3 is 2.00 bits per heavy atom. The monoisotopic (exact) mass is 204 g/mol. The lowest BCUT2D eigenvalue weighted by Crippen LogP contribution is -1.95. The van der Waals surface area contributed by atoms with Crippen LogP contribution >= 0.6 is 0 Å². The average molecular weight is 204 g/mol. The second-order valence-corrected chi connectivity index (χ2v) is 2.78. The van der Waals surface area contributed by atoms with Crippen molar-refractivity contribution in [3.63, 3.8) is 0 Å². The van der Waals surface area contributed by atoms with Gasteiger partial charge in [-0.2, -0.15) is 0 Å². The quantitative estimate of drug-likeness (QED) is 0.551. The van der Waals surface area contributed by atoms with Crippen LogP contribution in [0.15, 0.2) is 0 Å². The van der Waals surface area contributed by atoms with Crippen LogP contribution in [0.25, 0.3) is 0 Å². The Balaban J connectivity index is 0. The highest BCUT2D eigenvalue weighted by Crippen LogP contribution is 1.97. The Labute approximate surface area is 85.3 Å². The van der Waals surface area contributed by atoms with E-state index in [0.717, 1.165) is 19.3 Å². The van der Waals surface area contributed by atoms with Gasteiger partial charge in [-0.15, -0.1) is 0 Å². The van der Waals surface area contributed by atoms with Crippen molar-refractivity contribution >= 4 is 11.9 Å². The molecule has 0 heterocycles. The van der Waals surface area contributed by atoms with Gasteiger partial charge in [0.1, 0.15) is 0 Å². The zero-order valence-electron chi connectivity index (χ0n) is 9.21. The van der Waals surface area contributed by atoms with Crippen molar-refractivity contribution in [3.8, 4) is 0 Å². The van der Waals surface area contributed by atoms with Crippen LogP contribution in [0, 0.1) is 0 Å². The van der Waals surface area contributed by atoms with Crippen molar-refractivity contribution < 1.29 is 19.4 Å². The van der Waals surface area contributed by atoms with Crippen molar-refractivity contribution in [1.82, 2.24) is 0 Å². The first-order chi connectivity index (χ1) is 6.54. The van der Waals surface area contributed by atoms with Gasteiger partial charge in [-0.05, 0) is 13.3 Å². The summed E-state index contributed by atoms with van der Waals surface area (Å²) >= 11 is 0. The van der Waals surface area contributed by atoms with Gasteiger partial charge < -0.3 is 9.84 Å². The molecule has 0 aliphatic rings. The molecular weight excluding hydrogens is 184 g/mol. The maximum atomic E-state index is 9.87. The summed E-state index contributed by atoms with van der Waals surface area (Å²) in [6, 6.07) is 0. The molecule has 0 rings (SSSR count). The number of carbonyl (C=O) groups is 2. The minimum Gasteiger partial charge on any atom is -0.481 e. The fraction of sp³-hybridized carbons (Fsp3) is 0.800. The molecule has 4 heteroatoms. The number of rotatable bonds is 5. The zero-order valence-corrected chi connectivity index (χ0v) is 9.21. The lowest BCUT2D eigenvalue weighted by Gasteiger charge is -1.89. The number of hydrogen-bond donors (Lipinski definition) is 1. The van der Waals surface area contributed by atoms with E-state index in [-0.39, 0.29) is 5.97 Å². The molecule has 0 fully saturated rings. The number of aliphatic carboxylic acids is 1. The largest absolute Gasteiger partial charge is 0.481 e. The number of hydrogen-bond acceptors (Lipinski definition) is 3. The number of carbonyl (C=O) groups excluding carboxylic acids is 1. The van der Waals surface area contributed by atoms with Gasteiger partial charge >= 0.3 is 11.9 Å². The number of ether oxygens (including phenoxy) is 1. The number of unbranched alkanes of at least 4 members (excludes halogenated alkanes) is 2. The molecule has 0 aromatic carbocycles. The first-order valence-corrected chi connectivity index (χ1v) is 4.89. The van der Waals surface area contributed by atoms with E-state index < -0.39 is 5.97 Å². The molecule has 0 aliphatic carbocycles. The Morgan fingerprint density at radius 1 is 1.21 bits per heavy atom. The van der Waals surface area contributed by atoms with Crippen LogP contribution in [0.2, 0.25) is 0 Å². The third kappa shape index (κ3) is 22.4. The first-order valence-electron chi connectivity index (χ1n) is 4.89. The van der Waals surface area contributed by atoms with Crippen molar-refractivity contribution in [1.29, 1.82) is 0 Å². The summed E-state index contributed by atoms with van der Waals surface area (Å²) in [6.07, 6.45) is 3.28. The molecule has 0 amide bonds. The summed E-state index contributed by atoms with van der Waals surface area (Å²) < 4.78 is 4.40. The van der Waals surface area contributed by atoms with Crippen molar-refractivity contribution in [2.24, 2.45) is 0 Å². The minimum atomic E-state index is -0.682. The molecule has 84 valence electrons. The second kappa shape index (κ2) is 11.9. The van der Waals surface area contributed by atoms with E-state index in [1.807, 2.05) is 0 Å². The molecule has 0 spiro atoms. The summed E-state index contributed by atoms with van der Waals surface area (Å²) in [5.41, 5.74) is 0. The Morgan fingerprint density at radius 2 is 1.79 bits per heavy atom. The predicted octanol–water partition coefficient (Wildman–Crippen LogP) is 2.22.